The summed E-state index contributed by atoms with van der Waals surface area (Å²) in [5.74, 6) is -3.90. The van der Waals surface area contributed by atoms with Gasteiger partial charge in [0, 0.05) is 35.4 Å². The molecule has 0 saturated heterocycles. The van der Waals surface area contributed by atoms with Gasteiger partial charge in [-0.3, -0.25) is 0 Å². The number of rotatable bonds is 1. The summed E-state index contributed by atoms with van der Waals surface area (Å²) < 4.78 is 81.1. The first-order valence-corrected chi connectivity index (χ1v) is 7.09. The topological polar surface area (TPSA) is 4.93 Å². The SMILES string of the molecule is Fc1cc(Cl)cc(-n2cc(C(F)(F)F)c3c2CCC(F)(F)C3)c1. The van der Waals surface area contributed by atoms with Crippen molar-refractivity contribution in [3.05, 3.63) is 52.1 Å². The molecule has 1 aliphatic carbocycles. The maximum Gasteiger partial charge on any atom is 0.418 e. The van der Waals surface area contributed by atoms with E-state index in [0.29, 0.717) is 0 Å². The van der Waals surface area contributed by atoms with Gasteiger partial charge in [0.15, 0.2) is 0 Å². The number of alkyl halides is 5. The van der Waals surface area contributed by atoms with Gasteiger partial charge < -0.3 is 4.57 Å². The van der Waals surface area contributed by atoms with Crippen LogP contribution in [0.3, 0.4) is 0 Å². The normalized spacial score (nSPS) is 17.2. The van der Waals surface area contributed by atoms with Gasteiger partial charge in [-0.05, 0) is 30.2 Å². The van der Waals surface area contributed by atoms with Crippen molar-refractivity contribution in [1.29, 1.82) is 0 Å². The third kappa shape index (κ3) is 3.06. The number of hydrogen-bond donors (Lipinski definition) is 0. The molecule has 0 radical (unpaired) electrons. The van der Waals surface area contributed by atoms with Gasteiger partial charge in [-0.25, -0.2) is 13.2 Å². The average molecular weight is 354 g/mol. The molecule has 1 aromatic carbocycles. The fraction of sp³-hybridized carbons (Fsp3) is 0.333. The van der Waals surface area contributed by atoms with E-state index in [2.05, 4.69) is 0 Å². The summed E-state index contributed by atoms with van der Waals surface area (Å²) in [4.78, 5) is 0. The van der Waals surface area contributed by atoms with Crippen molar-refractivity contribution in [2.24, 2.45) is 0 Å². The lowest BCUT2D eigenvalue weighted by molar-refractivity contribution is -0.138. The van der Waals surface area contributed by atoms with E-state index in [4.69, 9.17) is 11.6 Å². The van der Waals surface area contributed by atoms with Gasteiger partial charge in [0.05, 0.1) is 5.56 Å². The van der Waals surface area contributed by atoms with Crippen molar-refractivity contribution < 1.29 is 26.3 Å². The Balaban J connectivity index is 2.21. The van der Waals surface area contributed by atoms with E-state index in [9.17, 15) is 26.3 Å². The lowest BCUT2D eigenvalue weighted by Gasteiger charge is -2.24. The number of fused-ring (bicyclic) bond motifs is 1. The Labute approximate surface area is 132 Å². The highest BCUT2D eigenvalue weighted by atomic mass is 35.5. The van der Waals surface area contributed by atoms with Gasteiger partial charge in [0.2, 0.25) is 0 Å². The van der Waals surface area contributed by atoms with Crippen LogP contribution in [0.2, 0.25) is 5.02 Å². The van der Waals surface area contributed by atoms with Gasteiger partial charge in [0.25, 0.3) is 5.92 Å². The van der Waals surface area contributed by atoms with Crippen LogP contribution in [0, 0.1) is 5.82 Å². The van der Waals surface area contributed by atoms with E-state index < -0.39 is 41.9 Å². The zero-order chi connectivity index (χ0) is 17.0. The van der Waals surface area contributed by atoms with Crippen LogP contribution in [0.1, 0.15) is 23.2 Å². The molecular weight excluding hydrogens is 344 g/mol. The molecule has 0 saturated carbocycles. The molecule has 0 atom stereocenters. The highest BCUT2D eigenvalue weighted by Crippen LogP contribution is 2.42. The fourth-order valence-electron chi connectivity index (χ4n) is 2.86. The monoisotopic (exact) mass is 353 g/mol. The summed E-state index contributed by atoms with van der Waals surface area (Å²) in [5.41, 5.74) is -1.36. The van der Waals surface area contributed by atoms with E-state index in [0.717, 1.165) is 22.9 Å². The van der Waals surface area contributed by atoms with Crippen LogP contribution in [0.15, 0.2) is 24.4 Å². The van der Waals surface area contributed by atoms with Crippen LogP contribution in [-0.4, -0.2) is 10.5 Å². The third-order valence-electron chi connectivity index (χ3n) is 3.82. The van der Waals surface area contributed by atoms with Crippen LogP contribution < -0.4 is 0 Å². The molecule has 1 heterocycles. The summed E-state index contributed by atoms with van der Waals surface area (Å²) in [7, 11) is 0. The van der Waals surface area contributed by atoms with Gasteiger partial charge in [-0.15, -0.1) is 0 Å². The van der Waals surface area contributed by atoms with Gasteiger partial charge in [-0.2, -0.15) is 13.2 Å². The second-order valence-electron chi connectivity index (χ2n) is 5.50. The van der Waals surface area contributed by atoms with Crippen molar-refractivity contribution in [3.63, 3.8) is 0 Å². The predicted octanol–water partition coefficient (Wildman–Crippen LogP) is 5.41. The summed E-state index contributed by atoms with van der Waals surface area (Å²) in [6.07, 6.45) is -5.79. The van der Waals surface area contributed by atoms with Gasteiger partial charge >= 0.3 is 6.18 Å². The lowest BCUT2D eigenvalue weighted by atomic mass is 9.91. The lowest BCUT2D eigenvalue weighted by Crippen LogP contribution is -2.27. The molecule has 0 amide bonds. The zero-order valence-corrected chi connectivity index (χ0v) is 12.3. The summed E-state index contributed by atoms with van der Waals surface area (Å²) >= 11 is 5.73. The van der Waals surface area contributed by atoms with Crippen molar-refractivity contribution in [2.75, 3.05) is 0 Å². The van der Waals surface area contributed by atoms with E-state index in [1.165, 1.54) is 6.07 Å². The van der Waals surface area contributed by atoms with Crippen LogP contribution >= 0.6 is 11.6 Å². The molecule has 0 fully saturated rings. The molecule has 0 N–H and O–H groups in total. The Kier molecular flexibility index (Phi) is 3.66. The second kappa shape index (κ2) is 5.19. The van der Waals surface area contributed by atoms with Crippen LogP contribution in [0.5, 0.6) is 0 Å². The third-order valence-corrected chi connectivity index (χ3v) is 4.03. The first kappa shape index (κ1) is 16.2. The molecule has 1 nitrogen and oxygen atoms in total. The molecule has 23 heavy (non-hydrogen) atoms. The fourth-order valence-corrected chi connectivity index (χ4v) is 3.07. The standard InChI is InChI=1S/C15H10ClF6N/c16-8-3-9(17)5-10(4-8)23-7-12(15(20,21)22)11-6-14(18,19)2-1-13(11)23/h3-5,7H,1-2,6H2. The van der Waals surface area contributed by atoms with Gasteiger partial charge in [0.1, 0.15) is 5.82 Å². The summed E-state index contributed by atoms with van der Waals surface area (Å²) in [6, 6.07) is 3.32. The number of aromatic nitrogens is 1. The van der Waals surface area contributed by atoms with Crippen molar-refractivity contribution >= 4 is 11.6 Å². The minimum Gasteiger partial charge on any atom is -0.320 e. The average Bonchev–Trinajstić information content (AvgIpc) is 2.74. The molecule has 1 aromatic heterocycles. The van der Waals surface area contributed by atoms with Gasteiger partial charge in [-0.1, -0.05) is 11.6 Å². The Morgan fingerprint density at radius 1 is 1.13 bits per heavy atom. The molecular formula is C15H10ClF6N. The molecule has 0 aliphatic heterocycles. The van der Waals surface area contributed by atoms with Crippen LogP contribution in [0.4, 0.5) is 26.3 Å². The molecule has 8 heteroatoms. The van der Waals surface area contributed by atoms with Crippen molar-refractivity contribution in [2.45, 2.75) is 31.4 Å². The highest BCUT2D eigenvalue weighted by Gasteiger charge is 2.43. The van der Waals surface area contributed by atoms with E-state index in [-0.39, 0.29) is 22.8 Å². The Hall–Kier alpha value is -1.63. The molecule has 3 rings (SSSR count). The number of hydrogen-bond acceptors (Lipinski definition) is 0. The Bertz CT molecular complexity index is 742. The number of halogens is 7. The largest absolute Gasteiger partial charge is 0.418 e. The Morgan fingerprint density at radius 2 is 1.83 bits per heavy atom. The molecule has 124 valence electrons. The maximum absolute atomic E-state index is 13.5. The minimum absolute atomic E-state index is 0.0112. The first-order valence-electron chi connectivity index (χ1n) is 6.71. The van der Waals surface area contributed by atoms with Crippen LogP contribution in [0.25, 0.3) is 5.69 Å². The quantitative estimate of drug-likeness (QED) is 0.604. The van der Waals surface area contributed by atoms with E-state index >= 15 is 0 Å². The molecule has 1 aliphatic rings. The van der Waals surface area contributed by atoms with E-state index in [1.54, 1.807) is 0 Å². The van der Waals surface area contributed by atoms with Crippen LogP contribution in [-0.2, 0) is 19.0 Å². The zero-order valence-electron chi connectivity index (χ0n) is 11.5. The minimum atomic E-state index is -4.76. The smallest absolute Gasteiger partial charge is 0.320 e. The number of nitrogens with zero attached hydrogens (tertiary/aromatic N) is 1. The molecule has 0 spiro atoms. The van der Waals surface area contributed by atoms with Crippen molar-refractivity contribution in [1.82, 2.24) is 4.57 Å². The maximum atomic E-state index is 13.5. The summed E-state index contributed by atoms with van der Waals surface area (Å²) in [5, 5.41) is 0.0112. The molecule has 0 bridgehead atoms. The molecule has 2 aromatic rings. The predicted molar refractivity (Wildman–Crippen MR) is 72.7 cm³/mol. The summed E-state index contributed by atoms with van der Waals surface area (Å²) in [6.45, 7) is 0. The first-order chi connectivity index (χ1) is 10.6. The number of benzene rings is 1. The van der Waals surface area contributed by atoms with Crippen molar-refractivity contribution in [3.8, 4) is 5.69 Å². The van der Waals surface area contributed by atoms with E-state index in [1.807, 2.05) is 0 Å². The highest BCUT2D eigenvalue weighted by molar-refractivity contribution is 6.30. The molecule has 0 unspecified atom stereocenters. The Morgan fingerprint density at radius 3 is 2.43 bits per heavy atom. The second-order valence-corrected chi connectivity index (χ2v) is 5.93.